The van der Waals surface area contributed by atoms with E-state index in [9.17, 15) is 9.90 Å². The maximum Gasteiger partial charge on any atom is 0.290 e. The van der Waals surface area contributed by atoms with E-state index >= 15 is 0 Å². The number of aryl methyl sites for hydroxylation is 1. The van der Waals surface area contributed by atoms with E-state index in [4.69, 9.17) is 9.15 Å². The lowest BCUT2D eigenvalue weighted by Crippen LogP contribution is -2.38. The third-order valence-electron chi connectivity index (χ3n) is 4.52. The second kappa shape index (κ2) is 6.34. The van der Waals surface area contributed by atoms with Crippen molar-refractivity contribution < 1.29 is 19.1 Å². The quantitative estimate of drug-likeness (QED) is 0.747. The van der Waals surface area contributed by atoms with Crippen LogP contribution >= 0.6 is 0 Å². The van der Waals surface area contributed by atoms with Crippen molar-refractivity contribution in [3.05, 3.63) is 53.3 Å². The number of carbonyl (C=O) groups excluding carboxylic acids is 1. The number of aliphatic hydroxyl groups excluding tert-OH is 1. The average Bonchev–Trinajstić information content (AvgIpc) is 3.38. The van der Waals surface area contributed by atoms with Crippen LogP contribution in [0.15, 0.2) is 34.9 Å². The summed E-state index contributed by atoms with van der Waals surface area (Å²) in [6.07, 6.45) is 0.770. The zero-order chi connectivity index (χ0) is 18.3. The third kappa shape index (κ3) is 2.76. The van der Waals surface area contributed by atoms with E-state index in [2.05, 4.69) is 10.2 Å². The standard InChI is InChI=1S/C17H19N5O4/c1-20-13(5-6-18-20)16(23)12-9-11-10-21(7-8-22(11)19-12)17(24)14-3-4-15(25-2)26-14/h3-6,9,16,23H,7-8,10H2,1-2H3. The Hall–Kier alpha value is -3.07. The number of aliphatic hydroxyl groups is 1. The van der Waals surface area contributed by atoms with Crippen LogP contribution in [-0.2, 0) is 20.1 Å². The fraction of sp³-hybridized carbons (Fsp3) is 0.353. The molecule has 0 spiro atoms. The van der Waals surface area contributed by atoms with Gasteiger partial charge in [-0.25, -0.2) is 0 Å². The van der Waals surface area contributed by atoms with Crippen LogP contribution in [0.4, 0.5) is 0 Å². The molecule has 1 N–H and O–H groups in total. The molecule has 9 heteroatoms. The molecule has 1 aliphatic rings. The number of fused-ring (bicyclic) bond motifs is 1. The van der Waals surface area contributed by atoms with Crippen LogP contribution in [0.3, 0.4) is 0 Å². The summed E-state index contributed by atoms with van der Waals surface area (Å²) in [6, 6.07) is 6.79. The minimum absolute atomic E-state index is 0.200. The zero-order valence-electron chi connectivity index (χ0n) is 14.5. The Balaban J connectivity index is 1.53. The van der Waals surface area contributed by atoms with Gasteiger partial charge < -0.3 is 19.2 Å². The van der Waals surface area contributed by atoms with Crippen molar-refractivity contribution in [2.45, 2.75) is 19.2 Å². The summed E-state index contributed by atoms with van der Waals surface area (Å²) in [7, 11) is 3.26. The van der Waals surface area contributed by atoms with Crippen LogP contribution < -0.4 is 4.74 Å². The first-order valence-electron chi connectivity index (χ1n) is 8.22. The van der Waals surface area contributed by atoms with E-state index in [0.717, 1.165) is 5.69 Å². The largest absolute Gasteiger partial charge is 0.468 e. The summed E-state index contributed by atoms with van der Waals surface area (Å²) in [5.41, 5.74) is 2.06. The van der Waals surface area contributed by atoms with Gasteiger partial charge in [0.2, 0.25) is 0 Å². The van der Waals surface area contributed by atoms with Crippen LogP contribution in [0, 0.1) is 0 Å². The highest BCUT2D eigenvalue weighted by atomic mass is 16.6. The molecule has 136 valence electrons. The van der Waals surface area contributed by atoms with Crippen LogP contribution in [0.1, 0.15) is 33.7 Å². The molecule has 1 atom stereocenters. The molecule has 1 unspecified atom stereocenters. The Kier molecular flexibility index (Phi) is 4.00. The highest BCUT2D eigenvalue weighted by Crippen LogP contribution is 2.24. The van der Waals surface area contributed by atoms with Gasteiger partial charge in [-0.15, -0.1) is 0 Å². The molecule has 0 radical (unpaired) electrons. The zero-order valence-corrected chi connectivity index (χ0v) is 14.5. The molecular weight excluding hydrogens is 338 g/mol. The van der Waals surface area contributed by atoms with Gasteiger partial charge in [-0.2, -0.15) is 10.2 Å². The SMILES string of the molecule is COc1ccc(C(=O)N2CCn3nc(C(O)c4ccnn4C)cc3C2)o1. The van der Waals surface area contributed by atoms with Gasteiger partial charge in [0, 0.05) is 25.9 Å². The predicted molar refractivity (Wildman–Crippen MR) is 89.5 cm³/mol. The van der Waals surface area contributed by atoms with Crippen LogP contribution in [0.2, 0.25) is 0 Å². The van der Waals surface area contributed by atoms with E-state index in [1.807, 2.05) is 10.7 Å². The molecule has 0 aliphatic carbocycles. The topological polar surface area (TPSA) is 98.5 Å². The van der Waals surface area contributed by atoms with Gasteiger partial charge in [0.15, 0.2) is 5.76 Å². The van der Waals surface area contributed by atoms with Gasteiger partial charge in [-0.3, -0.25) is 14.2 Å². The number of furan rings is 1. The van der Waals surface area contributed by atoms with Gasteiger partial charge in [0.25, 0.3) is 11.9 Å². The smallest absolute Gasteiger partial charge is 0.290 e. The van der Waals surface area contributed by atoms with Crippen molar-refractivity contribution in [2.24, 2.45) is 7.05 Å². The molecule has 4 rings (SSSR count). The fourth-order valence-corrected chi connectivity index (χ4v) is 3.10. The molecular formula is C17H19N5O4. The molecule has 0 saturated carbocycles. The van der Waals surface area contributed by atoms with E-state index in [0.29, 0.717) is 37.0 Å². The van der Waals surface area contributed by atoms with Gasteiger partial charge in [-0.05, 0) is 18.2 Å². The molecule has 0 aromatic carbocycles. The first-order valence-corrected chi connectivity index (χ1v) is 8.22. The lowest BCUT2D eigenvalue weighted by atomic mass is 10.1. The minimum Gasteiger partial charge on any atom is -0.468 e. The summed E-state index contributed by atoms with van der Waals surface area (Å²) in [4.78, 5) is 14.3. The van der Waals surface area contributed by atoms with Crippen LogP contribution in [-0.4, -0.2) is 49.1 Å². The first kappa shape index (κ1) is 16.4. The summed E-state index contributed by atoms with van der Waals surface area (Å²) < 4.78 is 13.8. The minimum atomic E-state index is -0.862. The number of rotatable bonds is 4. The molecule has 4 heterocycles. The molecule has 1 amide bonds. The number of carbonyl (C=O) groups is 1. The lowest BCUT2D eigenvalue weighted by Gasteiger charge is -2.26. The first-order chi connectivity index (χ1) is 12.6. The van der Waals surface area contributed by atoms with Crippen LogP contribution in [0.25, 0.3) is 0 Å². The fourth-order valence-electron chi connectivity index (χ4n) is 3.10. The van der Waals surface area contributed by atoms with Crippen molar-refractivity contribution in [1.29, 1.82) is 0 Å². The highest BCUT2D eigenvalue weighted by Gasteiger charge is 2.27. The summed E-state index contributed by atoms with van der Waals surface area (Å²) in [6.45, 7) is 1.46. The lowest BCUT2D eigenvalue weighted by molar-refractivity contribution is 0.0667. The van der Waals surface area contributed by atoms with Crippen molar-refractivity contribution in [3.63, 3.8) is 0 Å². The summed E-state index contributed by atoms with van der Waals surface area (Å²) >= 11 is 0. The second-order valence-electron chi connectivity index (χ2n) is 6.12. The van der Waals surface area contributed by atoms with Crippen molar-refractivity contribution in [3.8, 4) is 5.95 Å². The Labute approximate surface area is 149 Å². The maximum absolute atomic E-state index is 12.6. The molecule has 0 saturated heterocycles. The Morgan fingerprint density at radius 1 is 1.35 bits per heavy atom. The number of nitrogens with zero attached hydrogens (tertiary/aromatic N) is 5. The van der Waals surface area contributed by atoms with Crippen molar-refractivity contribution in [1.82, 2.24) is 24.5 Å². The van der Waals surface area contributed by atoms with Gasteiger partial charge in [-0.1, -0.05) is 0 Å². The number of hydrogen-bond donors (Lipinski definition) is 1. The predicted octanol–water partition coefficient (Wildman–Crippen LogP) is 0.956. The monoisotopic (exact) mass is 357 g/mol. The summed E-state index contributed by atoms with van der Waals surface area (Å²) in [5.74, 6) is 0.344. The van der Waals surface area contributed by atoms with Crippen molar-refractivity contribution >= 4 is 5.91 Å². The third-order valence-corrected chi connectivity index (χ3v) is 4.52. The maximum atomic E-state index is 12.6. The van der Waals surface area contributed by atoms with E-state index in [1.54, 1.807) is 41.0 Å². The van der Waals surface area contributed by atoms with Crippen molar-refractivity contribution in [2.75, 3.05) is 13.7 Å². The summed E-state index contributed by atoms with van der Waals surface area (Å²) in [5, 5.41) is 19.1. The number of hydrogen-bond acceptors (Lipinski definition) is 6. The Morgan fingerprint density at radius 2 is 2.19 bits per heavy atom. The normalized spacial score (nSPS) is 15.0. The number of aromatic nitrogens is 4. The molecule has 1 aliphatic heterocycles. The van der Waals surface area contributed by atoms with Gasteiger partial charge in [0.05, 0.1) is 37.3 Å². The second-order valence-corrected chi connectivity index (χ2v) is 6.12. The number of amides is 1. The molecule has 26 heavy (non-hydrogen) atoms. The molecule has 0 fully saturated rings. The highest BCUT2D eigenvalue weighted by molar-refractivity contribution is 5.91. The molecule has 9 nitrogen and oxygen atoms in total. The molecule has 0 bridgehead atoms. The Morgan fingerprint density at radius 3 is 2.88 bits per heavy atom. The van der Waals surface area contributed by atoms with Crippen LogP contribution in [0.5, 0.6) is 5.95 Å². The Bertz CT molecular complexity index is 941. The van der Waals surface area contributed by atoms with Gasteiger partial charge >= 0.3 is 0 Å². The van der Waals surface area contributed by atoms with Gasteiger partial charge in [0.1, 0.15) is 6.10 Å². The molecule has 3 aromatic heterocycles. The molecule has 3 aromatic rings. The number of ether oxygens (including phenoxy) is 1. The average molecular weight is 357 g/mol. The number of methoxy groups -OCH3 is 1. The van der Waals surface area contributed by atoms with E-state index in [1.165, 1.54) is 7.11 Å². The van der Waals surface area contributed by atoms with E-state index < -0.39 is 6.10 Å². The van der Waals surface area contributed by atoms with E-state index in [-0.39, 0.29) is 11.7 Å².